The second kappa shape index (κ2) is 10.8. The monoisotopic (exact) mass is 571 g/mol. The number of carbonyl (C=O) groups is 2. The number of anilines is 1. The minimum Gasteiger partial charge on any atom is -0.490 e. The zero-order valence-electron chi connectivity index (χ0n) is 18.9. The summed E-state index contributed by atoms with van der Waals surface area (Å²) in [6, 6.07) is 15.4. The highest BCUT2D eigenvalue weighted by Gasteiger charge is 2.35. The van der Waals surface area contributed by atoms with E-state index in [4.69, 9.17) is 21.1 Å². The van der Waals surface area contributed by atoms with Crippen molar-refractivity contribution in [1.82, 2.24) is 5.32 Å². The lowest BCUT2D eigenvalue weighted by atomic mass is 10.1. The van der Waals surface area contributed by atoms with Crippen LogP contribution in [0.1, 0.15) is 18.1 Å². The van der Waals surface area contributed by atoms with Gasteiger partial charge < -0.3 is 14.8 Å². The van der Waals surface area contributed by atoms with Crippen molar-refractivity contribution in [3.8, 4) is 11.5 Å². The van der Waals surface area contributed by atoms with E-state index < -0.39 is 16.9 Å². The van der Waals surface area contributed by atoms with Gasteiger partial charge in [0, 0.05) is 17.2 Å². The van der Waals surface area contributed by atoms with Gasteiger partial charge in [0.1, 0.15) is 12.3 Å². The zero-order chi connectivity index (χ0) is 25.8. The molecule has 1 N–H and O–H groups in total. The number of nitrogens with zero attached hydrogens (tertiary/aromatic N) is 2. The molecule has 3 amide bonds. The van der Waals surface area contributed by atoms with Crippen LogP contribution in [0.15, 0.2) is 70.8 Å². The highest BCUT2D eigenvalue weighted by Crippen LogP contribution is 2.38. The largest absolute Gasteiger partial charge is 0.490 e. The lowest BCUT2D eigenvalue weighted by molar-refractivity contribution is -0.384. The maximum atomic E-state index is 12.9. The summed E-state index contributed by atoms with van der Waals surface area (Å²) in [5, 5.41) is 14.0. The number of nitro benzene ring substituents is 1. The van der Waals surface area contributed by atoms with E-state index in [1.807, 2.05) is 6.92 Å². The summed E-state index contributed by atoms with van der Waals surface area (Å²) in [5.74, 6) is 0.266. The first kappa shape index (κ1) is 25.2. The molecule has 0 spiro atoms. The smallest absolute Gasteiger partial charge is 0.333 e. The number of imide groups is 1. The standard InChI is InChI=1S/C25H19BrClN3O6/c1-2-35-22-12-16(10-20(26)23(22)36-14-15-5-3-8-19(9-15)30(33)34)11-21-24(31)29(25(32)28-21)18-7-4-6-17(27)13-18/h3-13H,2,14H2,1H3,(H,28,32)/b21-11+. The summed E-state index contributed by atoms with van der Waals surface area (Å²) in [6.07, 6.45) is 1.53. The van der Waals surface area contributed by atoms with Gasteiger partial charge in [0.2, 0.25) is 0 Å². The Morgan fingerprint density at radius 1 is 1.11 bits per heavy atom. The van der Waals surface area contributed by atoms with Gasteiger partial charge in [-0.1, -0.05) is 29.8 Å². The van der Waals surface area contributed by atoms with Crippen LogP contribution in [0.4, 0.5) is 16.2 Å². The zero-order valence-corrected chi connectivity index (χ0v) is 21.2. The van der Waals surface area contributed by atoms with E-state index in [1.165, 1.54) is 24.3 Å². The van der Waals surface area contributed by atoms with E-state index in [9.17, 15) is 19.7 Å². The van der Waals surface area contributed by atoms with Crippen LogP contribution in [0, 0.1) is 10.1 Å². The summed E-state index contributed by atoms with van der Waals surface area (Å²) >= 11 is 9.48. The van der Waals surface area contributed by atoms with Gasteiger partial charge in [-0.3, -0.25) is 14.9 Å². The number of benzene rings is 3. The summed E-state index contributed by atoms with van der Waals surface area (Å²) in [5.41, 5.74) is 1.60. The first-order valence-electron chi connectivity index (χ1n) is 10.7. The van der Waals surface area contributed by atoms with E-state index in [0.29, 0.717) is 44.4 Å². The van der Waals surface area contributed by atoms with Crippen LogP contribution >= 0.6 is 27.5 Å². The van der Waals surface area contributed by atoms with Crippen LogP contribution in [0.25, 0.3) is 6.08 Å². The maximum absolute atomic E-state index is 12.9. The lowest BCUT2D eigenvalue weighted by Crippen LogP contribution is -2.30. The van der Waals surface area contributed by atoms with Crippen molar-refractivity contribution in [1.29, 1.82) is 0 Å². The number of hydrogen-bond acceptors (Lipinski definition) is 6. The number of non-ortho nitro benzene ring substituents is 1. The van der Waals surface area contributed by atoms with Gasteiger partial charge in [-0.15, -0.1) is 0 Å². The molecule has 0 aliphatic carbocycles. The molecule has 3 aromatic rings. The number of nitrogens with one attached hydrogen (secondary N) is 1. The van der Waals surface area contributed by atoms with Gasteiger partial charge in [-0.2, -0.15) is 0 Å². The number of rotatable bonds is 8. The number of hydrogen-bond donors (Lipinski definition) is 1. The Morgan fingerprint density at radius 2 is 1.89 bits per heavy atom. The second-order valence-corrected chi connectivity index (χ2v) is 8.88. The minimum atomic E-state index is -0.588. The SMILES string of the molecule is CCOc1cc(/C=C2/NC(=O)N(c3cccc(Cl)c3)C2=O)cc(Br)c1OCc1cccc([N+](=O)[O-])c1. The fourth-order valence-electron chi connectivity index (χ4n) is 3.54. The average molecular weight is 573 g/mol. The van der Waals surface area contributed by atoms with E-state index >= 15 is 0 Å². The fraction of sp³-hybridized carbons (Fsp3) is 0.120. The minimum absolute atomic E-state index is 0.0303. The Bertz CT molecular complexity index is 1390. The Labute approximate surface area is 219 Å². The number of ether oxygens (including phenoxy) is 2. The number of urea groups is 1. The fourth-order valence-corrected chi connectivity index (χ4v) is 4.30. The van der Waals surface area contributed by atoms with E-state index in [2.05, 4.69) is 21.2 Å². The van der Waals surface area contributed by atoms with Crippen molar-refractivity contribution in [3.63, 3.8) is 0 Å². The van der Waals surface area contributed by atoms with E-state index in [1.54, 1.807) is 42.5 Å². The molecule has 11 heteroatoms. The number of nitro groups is 1. The van der Waals surface area contributed by atoms with Crippen molar-refractivity contribution in [3.05, 3.63) is 97.1 Å². The van der Waals surface area contributed by atoms with E-state index in [-0.39, 0.29) is 18.0 Å². The van der Waals surface area contributed by atoms with Gasteiger partial charge in [0.05, 0.1) is 21.7 Å². The van der Waals surface area contributed by atoms with Gasteiger partial charge in [0.15, 0.2) is 11.5 Å². The molecule has 1 saturated heterocycles. The molecule has 4 rings (SSSR count). The molecule has 0 aromatic heterocycles. The summed E-state index contributed by atoms with van der Waals surface area (Å²) in [7, 11) is 0. The molecule has 1 aliphatic heterocycles. The van der Waals surface area contributed by atoms with Gasteiger partial charge in [0.25, 0.3) is 11.6 Å². The van der Waals surface area contributed by atoms with Crippen LogP contribution in [0.3, 0.4) is 0 Å². The third kappa shape index (κ3) is 5.50. The highest BCUT2D eigenvalue weighted by atomic mass is 79.9. The number of carbonyl (C=O) groups excluding carboxylic acids is 2. The summed E-state index contributed by atoms with van der Waals surface area (Å²) in [4.78, 5) is 37.0. The molecule has 1 aliphatic rings. The average Bonchev–Trinajstić information content (AvgIpc) is 3.11. The van der Waals surface area contributed by atoms with E-state index in [0.717, 1.165) is 4.90 Å². The predicted octanol–water partition coefficient (Wildman–Crippen LogP) is 6.09. The molecule has 1 fully saturated rings. The first-order valence-corrected chi connectivity index (χ1v) is 11.9. The van der Waals surface area contributed by atoms with Crippen molar-refractivity contribution < 1.29 is 24.0 Å². The molecule has 0 atom stereocenters. The third-order valence-electron chi connectivity index (χ3n) is 5.09. The van der Waals surface area contributed by atoms with Crippen molar-refractivity contribution >= 4 is 56.9 Å². The van der Waals surface area contributed by atoms with Crippen LogP contribution in [0.2, 0.25) is 5.02 Å². The highest BCUT2D eigenvalue weighted by molar-refractivity contribution is 9.10. The molecular formula is C25H19BrClN3O6. The van der Waals surface area contributed by atoms with Gasteiger partial charge >= 0.3 is 6.03 Å². The Morgan fingerprint density at radius 3 is 2.61 bits per heavy atom. The Balaban J connectivity index is 1.59. The summed E-state index contributed by atoms with van der Waals surface area (Å²) < 4.78 is 12.2. The van der Waals surface area contributed by atoms with Crippen molar-refractivity contribution in [2.45, 2.75) is 13.5 Å². The molecular weight excluding hydrogens is 554 g/mol. The normalized spacial score (nSPS) is 14.2. The van der Waals surface area contributed by atoms with Crippen LogP contribution < -0.4 is 19.7 Å². The first-order chi connectivity index (χ1) is 17.3. The number of halogens is 2. The van der Waals surface area contributed by atoms with Crippen LogP contribution in [-0.2, 0) is 11.4 Å². The molecule has 0 radical (unpaired) electrons. The molecule has 36 heavy (non-hydrogen) atoms. The molecule has 1 heterocycles. The van der Waals surface area contributed by atoms with Crippen LogP contribution in [0.5, 0.6) is 11.5 Å². The second-order valence-electron chi connectivity index (χ2n) is 7.59. The quantitative estimate of drug-likeness (QED) is 0.151. The molecule has 0 unspecified atom stereocenters. The van der Waals surface area contributed by atoms with Crippen molar-refractivity contribution in [2.24, 2.45) is 0 Å². The molecule has 0 bridgehead atoms. The van der Waals surface area contributed by atoms with Gasteiger partial charge in [-0.25, -0.2) is 9.69 Å². The lowest BCUT2D eigenvalue weighted by Gasteiger charge is -2.15. The number of amides is 3. The topological polar surface area (TPSA) is 111 Å². The van der Waals surface area contributed by atoms with Crippen molar-refractivity contribution in [2.75, 3.05) is 11.5 Å². The predicted molar refractivity (Wildman–Crippen MR) is 138 cm³/mol. The Kier molecular flexibility index (Phi) is 7.56. The molecule has 184 valence electrons. The van der Waals surface area contributed by atoms with Gasteiger partial charge in [-0.05, 0) is 70.4 Å². The molecule has 0 saturated carbocycles. The Hall–Kier alpha value is -3.89. The summed E-state index contributed by atoms with van der Waals surface area (Å²) in [6.45, 7) is 2.23. The molecule has 3 aromatic carbocycles. The third-order valence-corrected chi connectivity index (χ3v) is 5.92. The molecule has 9 nitrogen and oxygen atoms in total. The maximum Gasteiger partial charge on any atom is 0.333 e. The van der Waals surface area contributed by atoms with Crippen LogP contribution in [-0.4, -0.2) is 23.5 Å².